The number of aromatic nitrogens is 1. The first-order valence-corrected chi connectivity index (χ1v) is 11.1. The van der Waals surface area contributed by atoms with Gasteiger partial charge in [0.25, 0.3) is 5.91 Å². The summed E-state index contributed by atoms with van der Waals surface area (Å²) in [6.07, 6.45) is -0.145. The van der Waals surface area contributed by atoms with Gasteiger partial charge in [-0.25, -0.2) is 18.5 Å². The van der Waals surface area contributed by atoms with Gasteiger partial charge in [-0.1, -0.05) is 12.1 Å². The van der Waals surface area contributed by atoms with Crippen LogP contribution in [0.4, 0.5) is 5.69 Å². The third-order valence-electron chi connectivity index (χ3n) is 4.08. The second-order valence-electron chi connectivity index (χ2n) is 6.41. The number of anilines is 1. The number of benzene rings is 1. The van der Waals surface area contributed by atoms with E-state index in [-0.39, 0.29) is 17.0 Å². The molecule has 0 saturated heterocycles. The van der Waals surface area contributed by atoms with Crippen LogP contribution in [0, 0.1) is 13.8 Å². The Morgan fingerprint density at radius 1 is 1.27 bits per heavy atom. The zero-order valence-electron chi connectivity index (χ0n) is 16.2. The molecule has 3 aromatic rings. The zero-order chi connectivity index (χ0) is 21.9. The molecule has 0 radical (unpaired) electrons. The highest BCUT2D eigenvalue weighted by atomic mass is 32.2. The fraction of sp³-hybridized carbons (Fsp3) is 0.211. The monoisotopic (exact) mass is 449 g/mol. The van der Waals surface area contributed by atoms with Crippen molar-refractivity contribution in [1.29, 1.82) is 0 Å². The fourth-order valence-electron chi connectivity index (χ4n) is 2.61. The zero-order valence-corrected chi connectivity index (χ0v) is 17.8. The summed E-state index contributed by atoms with van der Waals surface area (Å²) in [6.45, 7) is 2.74. The van der Waals surface area contributed by atoms with E-state index in [9.17, 15) is 18.0 Å². The van der Waals surface area contributed by atoms with Gasteiger partial charge in [0.15, 0.2) is 6.61 Å². The maximum absolute atomic E-state index is 12.1. The average molecular weight is 450 g/mol. The number of oxazole rings is 1. The first-order valence-electron chi connectivity index (χ1n) is 8.72. The second kappa shape index (κ2) is 8.78. The Hall–Kier alpha value is -3.02. The molecule has 2 aromatic heterocycles. The molecule has 2 heterocycles. The van der Waals surface area contributed by atoms with E-state index in [2.05, 4.69) is 10.3 Å². The molecule has 1 amide bonds. The van der Waals surface area contributed by atoms with Crippen molar-refractivity contribution < 1.29 is 27.2 Å². The van der Waals surface area contributed by atoms with Gasteiger partial charge in [-0.3, -0.25) is 9.59 Å². The van der Waals surface area contributed by atoms with Gasteiger partial charge < -0.3 is 14.5 Å². The van der Waals surface area contributed by atoms with E-state index in [1.807, 2.05) is 17.5 Å². The van der Waals surface area contributed by atoms with Gasteiger partial charge >= 0.3 is 5.97 Å². The number of ether oxygens (including phenoxy) is 1. The molecular formula is C19H19N3O6S2. The van der Waals surface area contributed by atoms with E-state index >= 15 is 0 Å². The van der Waals surface area contributed by atoms with Crippen molar-refractivity contribution in [1.82, 2.24) is 4.98 Å². The molecule has 0 saturated carbocycles. The molecule has 11 heteroatoms. The molecule has 0 bridgehead atoms. The summed E-state index contributed by atoms with van der Waals surface area (Å²) in [5, 5.41) is 9.51. The first kappa shape index (κ1) is 21.7. The maximum Gasteiger partial charge on any atom is 0.312 e. The van der Waals surface area contributed by atoms with Crippen LogP contribution in [0.3, 0.4) is 0 Å². The van der Waals surface area contributed by atoms with Crippen LogP contribution in [0.5, 0.6) is 0 Å². The highest BCUT2D eigenvalue weighted by Gasteiger charge is 2.17. The lowest BCUT2D eigenvalue weighted by Crippen LogP contribution is -2.22. The van der Waals surface area contributed by atoms with Crippen molar-refractivity contribution in [3.8, 4) is 10.8 Å². The summed E-state index contributed by atoms with van der Waals surface area (Å²) >= 11 is 1.46. The number of nitrogens with two attached hydrogens (primary N) is 1. The number of amides is 1. The topological polar surface area (TPSA) is 142 Å². The Balaban J connectivity index is 1.56. The van der Waals surface area contributed by atoms with Crippen LogP contribution >= 0.6 is 11.3 Å². The third kappa shape index (κ3) is 5.32. The highest BCUT2D eigenvalue weighted by Crippen LogP contribution is 2.26. The minimum Gasteiger partial charge on any atom is -0.455 e. The van der Waals surface area contributed by atoms with Crippen LogP contribution in [0.25, 0.3) is 10.8 Å². The molecule has 3 rings (SSSR count). The summed E-state index contributed by atoms with van der Waals surface area (Å²) in [5.74, 6) is -0.347. The van der Waals surface area contributed by atoms with Crippen molar-refractivity contribution in [2.45, 2.75) is 25.2 Å². The van der Waals surface area contributed by atoms with Crippen LogP contribution in [-0.4, -0.2) is 31.9 Å². The molecule has 0 aliphatic heterocycles. The van der Waals surface area contributed by atoms with Gasteiger partial charge in [-0.15, -0.1) is 11.3 Å². The molecule has 158 valence electrons. The highest BCUT2D eigenvalue weighted by molar-refractivity contribution is 7.89. The molecule has 0 aliphatic carbocycles. The summed E-state index contributed by atoms with van der Waals surface area (Å²) in [6, 6.07) is 8.00. The molecule has 0 spiro atoms. The molecule has 1 aromatic carbocycles. The van der Waals surface area contributed by atoms with Crippen molar-refractivity contribution >= 4 is 38.9 Å². The van der Waals surface area contributed by atoms with E-state index < -0.39 is 28.5 Å². The number of esters is 1. The normalized spacial score (nSPS) is 11.3. The molecule has 0 atom stereocenters. The summed E-state index contributed by atoms with van der Waals surface area (Å²) in [5.41, 5.74) is 1.10. The fourth-order valence-corrected chi connectivity index (χ4v) is 4.07. The van der Waals surface area contributed by atoms with Gasteiger partial charge in [-0.2, -0.15) is 0 Å². The van der Waals surface area contributed by atoms with Crippen molar-refractivity contribution in [3.05, 3.63) is 52.7 Å². The van der Waals surface area contributed by atoms with E-state index in [0.29, 0.717) is 22.9 Å². The number of aryl methyl sites for hydroxylation is 2. The van der Waals surface area contributed by atoms with Crippen molar-refractivity contribution in [3.63, 3.8) is 0 Å². The molecule has 3 N–H and O–H groups in total. The quantitative estimate of drug-likeness (QED) is 0.527. The van der Waals surface area contributed by atoms with Crippen molar-refractivity contribution in [2.24, 2.45) is 5.14 Å². The summed E-state index contributed by atoms with van der Waals surface area (Å²) in [4.78, 5) is 29.2. The number of thiophene rings is 1. The predicted molar refractivity (Wildman–Crippen MR) is 110 cm³/mol. The lowest BCUT2D eigenvalue weighted by Gasteiger charge is -2.09. The van der Waals surface area contributed by atoms with Gasteiger partial charge in [0.1, 0.15) is 5.76 Å². The molecule has 0 aliphatic rings. The van der Waals surface area contributed by atoms with Crippen LogP contribution in [0.2, 0.25) is 0 Å². The van der Waals surface area contributed by atoms with Crippen LogP contribution in [0.15, 0.2) is 45.0 Å². The van der Waals surface area contributed by atoms with E-state index in [1.54, 1.807) is 13.8 Å². The van der Waals surface area contributed by atoms with Crippen LogP contribution < -0.4 is 10.5 Å². The minimum absolute atomic E-state index is 0.0969. The lowest BCUT2D eigenvalue weighted by atomic mass is 10.2. The van der Waals surface area contributed by atoms with Crippen molar-refractivity contribution in [2.75, 3.05) is 11.9 Å². The number of hydrogen-bond donors (Lipinski definition) is 2. The summed E-state index contributed by atoms with van der Waals surface area (Å²) < 4.78 is 33.7. The Bertz CT molecular complexity index is 1180. The standard InChI is InChI=1S/C19H19N3O6S2/c1-11-5-6-13(8-16(11)30(20,25)26)21-17(23)10-27-18(24)9-14-12(2)28-19(22-14)15-4-3-7-29-15/h3-8H,9-10H2,1-2H3,(H,21,23)(H2,20,25,26). The largest absolute Gasteiger partial charge is 0.455 e. The Morgan fingerprint density at radius 3 is 2.70 bits per heavy atom. The number of primary sulfonamides is 1. The van der Waals surface area contributed by atoms with Gasteiger partial charge in [0, 0.05) is 5.69 Å². The first-order chi connectivity index (χ1) is 14.1. The summed E-state index contributed by atoms with van der Waals surface area (Å²) in [7, 11) is -3.92. The maximum atomic E-state index is 12.1. The third-order valence-corrected chi connectivity index (χ3v) is 5.99. The number of nitrogens with zero attached hydrogens (tertiary/aromatic N) is 1. The minimum atomic E-state index is -3.92. The Morgan fingerprint density at radius 2 is 2.03 bits per heavy atom. The van der Waals surface area contributed by atoms with Gasteiger partial charge in [0.05, 0.1) is 21.9 Å². The number of carbonyl (C=O) groups excluding carboxylic acids is 2. The number of rotatable bonds is 7. The Kier molecular flexibility index (Phi) is 6.34. The lowest BCUT2D eigenvalue weighted by molar-refractivity contribution is -0.146. The number of carbonyl (C=O) groups is 2. The van der Waals surface area contributed by atoms with Crippen LogP contribution in [-0.2, 0) is 30.8 Å². The van der Waals surface area contributed by atoms with Gasteiger partial charge in [0.2, 0.25) is 15.9 Å². The Labute approximate surface area is 176 Å². The van der Waals surface area contributed by atoms with Crippen LogP contribution in [0.1, 0.15) is 17.0 Å². The van der Waals surface area contributed by atoms with E-state index in [0.717, 1.165) is 4.88 Å². The smallest absolute Gasteiger partial charge is 0.312 e. The SMILES string of the molecule is Cc1ccc(NC(=O)COC(=O)Cc2nc(-c3cccs3)oc2C)cc1S(N)(=O)=O. The van der Waals surface area contributed by atoms with Gasteiger partial charge in [-0.05, 0) is 43.0 Å². The average Bonchev–Trinajstić information content (AvgIpc) is 3.31. The predicted octanol–water partition coefficient (Wildman–Crippen LogP) is 2.39. The molecule has 9 nitrogen and oxygen atoms in total. The molecule has 0 unspecified atom stereocenters. The number of nitrogens with one attached hydrogen (secondary N) is 1. The molecule has 0 fully saturated rings. The molecular weight excluding hydrogens is 430 g/mol. The van der Waals surface area contributed by atoms with E-state index in [1.165, 1.54) is 29.5 Å². The second-order valence-corrected chi connectivity index (χ2v) is 8.89. The number of hydrogen-bond acceptors (Lipinski definition) is 8. The van der Waals surface area contributed by atoms with E-state index in [4.69, 9.17) is 14.3 Å². The molecule has 30 heavy (non-hydrogen) atoms. The number of sulfonamides is 1.